The molecule has 1 saturated heterocycles. The van der Waals surface area contributed by atoms with E-state index < -0.39 is 5.91 Å². The molecule has 0 radical (unpaired) electrons. The number of hydrazine groups is 1. The minimum absolute atomic E-state index is 0.0305. The third-order valence-corrected chi connectivity index (χ3v) is 4.51. The van der Waals surface area contributed by atoms with Gasteiger partial charge in [0.15, 0.2) is 4.32 Å². The summed E-state index contributed by atoms with van der Waals surface area (Å²) in [5.41, 5.74) is 3.57. The zero-order valence-electron chi connectivity index (χ0n) is 12.3. The highest BCUT2D eigenvalue weighted by Crippen LogP contribution is 2.31. The van der Waals surface area contributed by atoms with Gasteiger partial charge in [0.05, 0.1) is 4.91 Å². The summed E-state index contributed by atoms with van der Waals surface area (Å²) in [5, 5.41) is 10.5. The summed E-state index contributed by atoms with van der Waals surface area (Å²) in [6.07, 6.45) is 1.72. The van der Waals surface area contributed by atoms with E-state index in [1.165, 1.54) is 18.2 Å². The first-order chi connectivity index (χ1) is 11.5. The maximum atomic E-state index is 12.4. The Morgan fingerprint density at radius 2 is 1.92 bits per heavy atom. The average Bonchev–Trinajstić information content (AvgIpc) is 2.83. The monoisotopic (exact) mass is 356 g/mol. The van der Waals surface area contributed by atoms with Gasteiger partial charge in [0.2, 0.25) is 0 Å². The van der Waals surface area contributed by atoms with Crippen LogP contribution in [0.2, 0.25) is 0 Å². The number of benzene rings is 2. The summed E-state index contributed by atoms with van der Waals surface area (Å²) in [4.78, 5) is 25.1. The number of thioether (sulfide) groups is 1. The van der Waals surface area contributed by atoms with E-state index in [-0.39, 0.29) is 21.5 Å². The predicted molar refractivity (Wildman–Crippen MR) is 97.0 cm³/mol. The lowest BCUT2D eigenvalue weighted by atomic mass is 10.2. The summed E-state index contributed by atoms with van der Waals surface area (Å²) in [6.45, 7) is 0. The second-order valence-electron chi connectivity index (χ2n) is 4.92. The van der Waals surface area contributed by atoms with Crippen molar-refractivity contribution in [2.24, 2.45) is 0 Å². The van der Waals surface area contributed by atoms with Crippen LogP contribution >= 0.6 is 24.0 Å². The van der Waals surface area contributed by atoms with Crippen molar-refractivity contribution >= 4 is 46.2 Å². The fourth-order valence-electron chi connectivity index (χ4n) is 2.08. The molecular formula is C17H12N2O3S2. The number of carbonyl (C=O) groups excluding carboxylic acids is 2. The summed E-state index contributed by atoms with van der Waals surface area (Å²) < 4.78 is 0.246. The van der Waals surface area contributed by atoms with Crippen LogP contribution < -0.4 is 5.43 Å². The zero-order valence-corrected chi connectivity index (χ0v) is 13.9. The maximum absolute atomic E-state index is 12.4. The number of hydrogen-bond donors (Lipinski definition) is 2. The quantitative estimate of drug-likeness (QED) is 0.654. The first-order valence-electron chi connectivity index (χ1n) is 6.97. The largest absolute Gasteiger partial charge is 0.508 e. The Hall–Kier alpha value is -2.64. The summed E-state index contributed by atoms with van der Waals surface area (Å²) >= 11 is 6.29. The zero-order chi connectivity index (χ0) is 17.1. The number of hydrogen-bond acceptors (Lipinski definition) is 5. The van der Waals surface area contributed by atoms with Crippen LogP contribution in [0.15, 0.2) is 59.5 Å². The molecule has 7 heteroatoms. The fourth-order valence-corrected chi connectivity index (χ4v) is 3.26. The van der Waals surface area contributed by atoms with E-state index >= 15 is 0 Å². The Balaban J connectivity index is 1.77. The van der Waals surface area contributed by atoms with E-state index in [1.54, 1.807) is 12.1 Å². The van der Waals surface area contributed by atoms with Crippen LogP contribution in [-0.4, -0.2) is 26.3 Å². The molecule has 0 bridgehead atoms. The second kappa shape index (κ2) is 6.86. The molecule has 0 saturated carbocycles. The van der Waals surface area contributed by atoms with Crippen molar-refractivity contribution in [3.63, 3.8) is 0 Å². The molecule has 1 aliphatic heterocycles. The maximum Gasteiger partial charge on any atom is 0.285 e. The molecule has 3 rings (SSSR count). The van der Waals surface area contributed by atoms with Crippen LogP contribution in [0.1, 0.15) is 15.9 Å². The van der Waals surface area contributed by atoms with Crippen LogP contribution in [0.3, 0.4) is 0 Å². The van der Waals surface area contributed by atoms with Gasteiger partial charge in [-0.3, -0.25) is 15.0 Å². The lowest BCUT2D eigenvalue weighted by Crippen LogP contribution is -2.44. The summed E-state index contributed by atoms with van der Waals surface area (Å²) in [5.74, 6) is -0.942. The minimum Gasteiger partial charge on any atom is -0.508 e. The molecule has 0 unspecified atom stereocenters. The number of rotatable bonds is 3. The van der Waals surface area contributed by atoms with Crippen molar-refractivity contribution in [1.82, 2.24) is 10.4 Å². The number of thiocarbonyl (C=S) groups is 1. The highest BCUT2D eigenvalue weighted by Gasteiger charge is 2.33. The van der Waals surface area contributed by atoms with Crippen molar-refractivity contribution in [3.8, 4) is 5.75 Å². The third-order valence-electron chi connectivity index (χ3n) is 3.21. The Labute approximate surface area is 147 Å². The SMILES string of the molecule is O=C(NN1C(=O)/C(=C/c2ccccc2)SC1=S)c1cccc(O)c1. The van der Waals surface area contributed by atoms with Gasteiger partial charge < -0.3 is 5.11 Å². The van der Waals surface area contributed by atoms with Crippen molar-refractivity contribution in [1.29, 1.82) is 0 Å². The number of aromatic hydroxyl groups is 1. The normalized spacial score (nSPS) is 15.8. The molecule has 1 aliphatic rings. The number of nitrogens with zero attached hydrogens (tertiary/aromatic N) is 1. The Kier molecular flexibility index (Phi) is 4.64. The molecule has 0 aliphatic carbocycles. The average molecular weight is 356 g/mol. The van der Waals surface area contributed by atoms with Crippen molar-refractivity contribution in [2.75, 3.05) is 0 Å². The first-order valence-corrected chi connectivity index (χ1v) is 8.20. The lowest BCUT2D eigenvalue weighted by Gasteiger charge is -2.15. The molecular weight excluding hydrogens is 344 g/mol. The van der Waals surface area contributed by atoms with Crippen LogP contribution in [-0.2, 0) is 4.79 Å². The van der Waals surface area contributed by atoms with Gasteiger partial charge in [0.25, 0.3) is 11.8 Å². The topological polar surface area (TPSA) is 69.6 Å². The molecule has 5 nitrogen and oxygen atoms in total. The van der Waals surface area contributed by atoms with Crippen molar-refractivity contribution in [2.45, 2.75) is 0 Å². The van der Waals surface area contributed by atoms with Gasteiger partial charge in [-0.15, -0.1) is 0 Å². The van der Waals surface area contributed by atoms with Crippen LogP contribution in [0.4, 0.5) is 0 Å². The molecule has 2 amide bonds. The Bertz CT molecular complexity index is 850. The minimum atomic E-state index is -0.525. The van der Waals surface area contributed by atoms with Gasteiger partial charge in [0, 0.05) is 5.56 Å². The third kappa shape index (κ3) is 3.47. The molecule has 0 spiro atoms. The number of nitrogens with one attached hydrogen (secondary N) is 1. The van der Waals surface area contributed by atoms with Crippen LogP contribution in [0.5, 0.6) is 5.75 Å². The molecule has 24 heavy (non-hydrogen) atoms. The summed E-state index contributed by atoms with van der Waals surface area (Å²) in [7, 11) is 0. The Morgan fingerprint density at radius 3 is 2.62 bits per heavy atom. The van der Waals surface area contributed by atoms with E-state index in [9.17, 15) is 14.7 Å². The van der Waals surface area contributed by atoms with Gasteiger partial charge in [-0.2, -0.15) is 5.01 Å². The Morgan fingerprint density at radius 1 is 1.17 bits per heavy atom. The van der Waals surface area contributed by atoms with Gasteiger partial charge in [-0.1, -0.05) is 48.2 Å². The smallest absolute Gasteiger partial charge is 0.285 e. The van der Waals surface area contributed by atoms with Gasteiger partial charge >= 0.3 is 0 Å². The molecule has 0 atom stereocenters. The number of carbonyl (C=O) groups is 2. The highest BCUT2D eigenvalue weighted by atomic mass is 32.2. The molecule has 120 valence electrons. The van der Waals surface area contributed by atoms with E-state index in [1.807, 2.05) is 30.3 Å². The lowest BCUT2D eigenvalue weighted by molar-refractivity contribution is -0.123. The standard InChI is InChI=1S/C17H12N2O3S2/c20-13-8-4-7-12(10-13)15(21)18-19-16(22)14(24-17(19)23)9-11-5-2-1-3-6-11/h1-10,20H,(H,18,21)/b14-9-. The first kappa shape index (κ1) is 16.2. The predicted octanol–water partition coefficient (Wildman–Crippen LogP) is 2.94. The summed E-state index contributed by atoms with van der Waals surface area (Å²) in [6, 6.07) is 15.2. The van der Waals surface area contributed by atoms with Crippen molar-refractivity contribution in [3.05, 3.63) is 70.6 Å². The molecule has 0 aromatic heterocycles. The molecule has 2 aromatic rings. The number of amides is 2. The number of phenolic OH excluding ortho intramolecular Hbond substituents is 1. The van der Waals surface area contributed by atoms with Gasteiger partial charge in [0.1, 0.15) is 5.75 Å². The molecule has 2 aromatic carbocycles. The van der Waals surface area contributed by atoms with E-state index in [0.29, 0.717) is 4.91 Å². The van der Waals surface area contributed by atoms with Crippen LogP contribution in [0.25, 0.3) is 6.08 Å². The van der Waals surface area contributed by atoms with Crippen LogP contribution in [0, 0.1) is 0 Å². The second-order valence-corrected chi connectivity index (χ2v) is 6.59. The van der Waals surface area contributed by atoms with Gasteiger partial charge in [-0.05, 0) is 42.1 Å². The highest BCUT2D eigenvalue weighted by molar-refractivity contribution is 8.26. The number of phenols is 1. The fraction of sp³-hybridized carbons (Fsp3) is 0. The van der Waals surface area contributed by atoms with Crippen molar-refractivity contribution < 1.29 is 14.7 Å². The van der Waals surface area contributed by atoms with E-state index in [0.717, 1.165) is 22.3 Å². The molecule has 1 heterocycles. The molecule has 2 N–H and O–H groups in total. The van der Waals surface area contributed by atoms with Gasteiger partial charge in [-0.25, -0.2) is 0 Å². The van der Waals surface area contributed by atoms with E-state index in [4.69, 9.17) is 12.2 Å². The molecule has 1 fully saturated rings. The van der Waals surface area contributed by atoms with E-state index in [2.05, 4.69) is 5.43 Å².